The van der Waals surface area contributed by atoms with Crippen molar-refractivity contribution in [1.82, 2.24) is 15.2 Å². The first-order chi connectivity index (χ1) is 12.4. The fourth-order valence-electron chi connectivity index (χ4n) is 2.87. The van der Waals surface area contributed by atoms with Crippen LogP contribution >= 0.6 is 35.7 Å². The van der Waals surface area contributed by atoms with Crippen LogP contribution in [0.3, 0.4) is 0 Å². The van der Waals surface area contributed by atoms with Gasteiger partial charge in [-0.05, 0) is 24.3 Å². The molecule has 1 aromatic carbocycles. The number of anilines is 1. The van der Waals surface area contributed by atoms with E-state index in [1.165, 1.54) is 4.90 Å². The van der Waals surface area contributed by atoms with Crippen LogP contribution in [0, 0.1) is 0 Å². The van der Waals surface area contributed by atoms with Gasteiger partial charge < -0.3 is 15.1 Å². The van der Waals surface area contributed by atoms with Gasteiger partial charge in [0.15, 0.2) is 5.96 Å². The number of nitrogens with zero attached hydrogens (tertiary/aromatic N) is 4. The Kier molecular flexibility index (Phi) is 9.04. The Morgan fingerprint density at radius 1 is 1.08 bits per heavy atom. The molecule has 3 rings (SSSR count). The topological polar surface area (TPSA) is 43.8 Å². The van der Waals surface area contributed by atoms with E-state index in [1.807, 2.05) is 37.1 Å². The Balaban J connectivity index is 0.00000243. The van der Waals surface area contributed by atoms with E-state index in [0.717, 1.165) is 50.3 Å². The standard InChI is InChI=1S/C19H25N5S.HI/c1-20-19(22-11-16-25-17-7-3-2-4-8-17)24-14-12-23(13-15-24)18-9-5-6-10-21-18;/h2-10H,11-16H2,1H3,(H,20,22);1H. The van der Waals surface area contributed by atoms with Crippen LogP contribution in [0.25, 0.3) is 0 Å². The van der Waals surface area contributed by atoms with Gasteiger partial charge in [-0.2, -0.15) is 0 Å². The van der Waals surface area contributed by atoms with Crippen molar-refractivity contribution < 1.29 is 0 Å². The number of rotatable bonds is 5. The molecule has 0 unspecified atom stereocenters. The molecular weight excluding hydrogens is 457 g/mol. The summed E-state index contributed by atoms with van der Waals surface area (Å²) in [5.41, 5.74) is 0. The predicted molar refractivity (Wildman–Crippen MR) is 122 cm³/mol. The van der Waals surface area contributed by atoms with Crippen LogP contribution in [0.5, 0.6) is 0 Å². The van der Waals surface area contributed by atoms with Crippen molar-refractivity contribution in [3.05, 3.63) is 54.7 Å². The maximum atomic E-state index is 4.44. The monoisotopic (exact) mass is 483 g/mol. The Labute approximate surface area is 177 Å². The number of piperazine rings is 1. The van der Waals surface area contributed by atoms with Crippen molar-refractivity contribution >= 4 is 47.5 Å². The summed E-state index contributed by atoms with van der Waals surface area (Å²) in [4.78, 5) is 14.8. The SMILES string of the molecule is CN=C(NCCSc1ccccc1)N1CCN(c2ccccn2)CC1.I. The first-order valence-corrected chi connectivity index (χ1v) is 9.65. The van der Waals surface area contributed by atoms with Crippen LogP contribution in [0.15, 0.2) is 64.6 Å². The molecule has 0 aliphatic carbocycles. The first kappa shape index (κ1) is 20.8. The second-order valence-corrected chi connectivity index (χ2v) is 6.97. The van der Waals surface area contributed by atoms with Gasteiger partial charge in [0.25, 0.3) is 0 Å². The molecule has 2 heterocycles. The molecule has 1 aliphatic rings. The zero-order valence-corrected chi connectivity index (χ0v) is 18.2. The van der Waals surface area contributed by atoms with E-state index < -0.39 is 0 Å². The largest absolute Gasteiger partial charge is 0.355 e. The van der Waals surface area contributed by atoms with Crippen LogP contribution in [0.4, 0.5) is 5.82 Å². The van der Waals surface area contributed by atoms with E-state index in [-0.39, 0.29) is 24.0 Å². The van der Waals surface area contributed by atoms with Gasteiger partial charge in [0.2, 0.25) is 0 Å². The summed E-state index contributed by atoms with van der Waals surface area (Å²) < 4.78 is 0. The van der Waals surface area contributed by atoms with Crippen molar-refractivity contribution in [3.8, 4) is 0 Å². The van der Waals surface area contributed by atoms with Gasteiger partial charge in [-0.25, -0.2) is 4.98 Å². The lowest BCUT2D eigenvalue weighted by Gasteiger charge is -2.37. The Bertz CT molecular complexity index is 660. The number of halogens is 1. The third-order valence-electron chi connectivity index (χ3n) is 4.16. The van der Waals surface area contributed by atoms with Crippen LogP contribution in [-0.4, -0.2) is 61.4 Å². The molecule has 0 bridgehead atoms. The highest BCUT2D eigenvalue weighted by Crippen LogP contribution is 2.16. The number of pyridine rings is 1. The average molecular weight is 483 g/mol. The third-order valence-corrected chi connectivity index (χ3v) is 5.18. The molecule has 1 saturated heterocycles. The molecule has 140 valence electrons. The van der Waals surface area contributed by atoms with Gasteiger partial charge in [0, 0.05) is 56.6 Å². The fourth-order valence-corrected chi connectivity index (χ4v) is 3.66. The number of guanidine groups is 1. The number of hydrogen-bond acceptors (Lipinski definition) is 4. The summed E-state index contributed by atoms with van der Waals surface area (Å²) in [7, 11) is 1.86. The molecule has 0 spiro atoms. The summed E-state index contributed by atoms with van der Waals surface area (Å²) in [5, 5.41) is 3.48. The molecule has 7 heteroatoms. The summed E-state index contributed by atoms with van der Waals surface area (Å²) in [6, 6.07) is 16.6. The quantitative estimate of drug-likeness (QED) is 0.233. The van der Waals surface area contributed by atoms with Gasteiger partial charge in [-0.1, -0.05) is 24.3 Å². The average Bonchev–Trinajstić information content (AvgIpc) is 2.70. The van der Waals surface area contributed by atoms with Crippen LogP contribution < -0.4 is 10.2 Å². The summed E-state index contributed by atoms with van der Waals surface area (Å²) in [6.45, 7) is 4.77. The van der Waals surface area contributed by atoms with Gasteiger partial charge in [0.1, 0.15) is 5.82 Å². The van der Waals surface area contributed by atoms with E-state index in [1.54, 1.807) is 0 Å². The number of aliphatic imine (C=N–C) groups is 1. The molecule has 26 heavy (non-hydrogen) atoms. The molecule has 2 aromatic rings. The van der Waals surface area contributed by atoms with Gasteiger partial charge in [0.05, 0.1) is 0 Å². The normalized spacial score (nSPS) is 14.7. The minimum atomic E-state index is 0. The molecule has 1 fully saturated rings. The van der Waals surface area contributed by atoms with Gasteiger partial charge in [-0.3, -0.25) is 4.99 Å². The minimum absolute atomic E-state index is 0. The predicted octanol–water partition coefficient (Wildman–Crippen LogP) is 3.19. The molecule has 1 aromatic heterocycles. The molecule has 0 amide bonds. The van der Waals surface area contributed by atoms with Crippen LogP contribution in [0.1, 0.15) is 0 Å². The molecule has 0 saturated carbocycles. The van der Waals surface area contributed by atoms with Crippen molar-refractivity contribution in [1.29, 1.82) is 0 Å². The Hall–Kier alpha value is -1.48. The highest BCUT2D eigenvalue weighted by Gasteiger charge is 2.20. The summed E-state index contributed by atoms with van der Waals surface area (Å²) in [6.07, 6.45) is 1.85. The zero-order chi connectivity index (χ0) is 17.3. The Morgan fingerprint density at radius 3 is 2.46 bits per heavy atom. The number of benzene rings is 1. The third kappa shape index (κ3) is 6.05. The van der Waals surface area contributed by atoms with E-state index in [4.69, 9.17) is 0 Å². The van der Waals surface area contributed by atoms with Crippen molar-refractivity contribution in [2.45, 2.75) is 4.90 Å². The first-order valence-electron chi connectivity index (χ1n) is 8.66. The van der Waals surface area contributed by atoms with Crippen LogP contribution in [0.2, 0.25) is 0 Å². The Morgan fingerprint density at radius 2 is 1.81 bits per heavy atom. The van der Waals surface area contributed by atoms with Crippen molar-refractivity contribution in [2.75, 3.05) is 50.4 Å². The fraction of sp³-hybridized carbons (Fsp3) is 0.368. The second-order valence-electron chi connectivity index (χ2n) is 5.80. The number of aromatic nitrogens is 1. The highest BCUT2D eigenvalue weighted by atomic mass is 127. The molecule has 0 radical (unpaired) electrons. The molecule has 0 atom stereocenters. The number of thioether (sulfide) groups is 1. The molecular formula is C19H26IN5S. The summed E-state index contributed by atoms with van der Waals surface area (Å²) in [5.74, 6) is 3.08. The molecule has 5 nitrogen and oxygen atoms in total. The van der Waals surface area contributed by atoms with Crippen LogP contribution in [-0.2, 0) is 0 Å². The number of hydrogen-bond donors (Lipinski definition) is 1. The van der Waals surface area contributed by atoms with Gasteiger partial charge in [-0.15, -0.1) is 35.7 Å². The number of nitrogens with one attached hydrogen (secondary N) is 1. The van der Waals surface area contributed by atoms with Crippen molar-refractivity contribution in [3.63, 3.8) is 0 Å². The van der Waals surface area contributed by atoms with E-state index in [2.05, 4.69) is 61.5 Å². The highest BCUT2D eigenvalue weighted by molar-refractivity contribution is 14.0. The van der Waals surface area contributed by atoms with E-state index in [0.29, 0.717) is 0 Å². The van der Waals surface area contributed by atoms with E-state index in [9.17, 15) is 0 Å². The molecule has 1 N–H and O–H groups in total. The minimum Gasteiger partial charge on any atom is -0.355 e. The van der Waals surface area contributed by atoms with E-state index >= 15 is 0 Å². The molecule has 1 aliphatic heterocycles. The zero-order valence-electron chi connectivity index (χ0n) is 15.0. The van der Waals surface area contributed by atoms with Gasteiger partial charge >= 0.3 is 0 Å². The lowest BCUT2D eigenvalue weighted by atomic mass is 10.3. The summed E-state index contributed by atoms with van der Waals surface area (Å²) >= 11 is 1.86. The lowest BCUT2D eigenvalue weighted by molar-refractivity contribution is 0.372. The maximum absolute atomic E-state index is 4.44. The van der Waals surface area contributed by atoms with Crippen molar-refractivity contribution in [2.24, 2.45) is 4.99 Å². The second kappa shape index (κ2) is 11.3. The maximum Gasteiger partial charge on any atom is 0.193 e. The smallest absolute Gasteiger partial charge is 0.193 e. The lowest BCUT2D eigenvalue weighted by Crippen LogP contribution is -2.53.